The Morgan fingerprint density at radius 1 is 1.25 bits per heavy atom. The molecule has 0 atom stereocenters. The van der Waals surface area contributed by atoms with Crippen LogP contribution < -0.4 is 5.32 Å². The van der Waals surface area contributed by atoms with Crippen molar-refractivity contribution in [3.8, 4) is 0 Å². The summed E-state index contributed by atoms with van der Waals surface area (Å²) in [6, 6.07) is 3.17. The lowest BCUT2D eigenvalue weighted by molar-refractivity contribution is -0.138. The van der Waals surface area contributed by atoms with Gasteiger partial charge in [0.15, 0.2) is 0 Å². The van der Waals surface area contributed by atoms with Crippen LogP contribution in [0.1, 0.15) is 0 Å². The van der Waals surface area contributed by atoms with Gasteiger partial charge in [0.05, 0.1) is 31.0 Å². The second kappa shape index (κ2) is 7.70. The molecule has 0 amide bonds. The van der Waals surface area contributed by atoms with Crippen molar-refractivity contribution in [1.29, 1.82) is 0 Å². The number of methoxy groups -OCH3 is 2. The Bertz CT molecular complexity index is 552. The summed E-state index contributed by atoms with van der Waals surface area (Å²) >= 11 is 13.9. The van der Waals surface area contributed by atoms with E-state index in [4.69, 9.17) is 23.2 Å². The van der Waals surface area contributed by atoms with Gasteiger partial charge in [-0.1, -0.05) is 23.2 Å². The summed E-state index contributed by atoms with van der Waals surface area (Å²) in [5.74, 6) is -1.42. The fourth-order valence-corrected chi connectivity index (χ4v) is 2.87. The molecule has 0 heterocycles. The summed E-state index contributed by atoms with van der Waals surface area (Å²) in [6.45, 7) is 0. The molecule has 8 heteroatoms. The highest BCUT2D eigenvalue weighted by molar-refractivity contribution is 14.1. The molecule has 0 aliphatic carbocycles. The molecule has 0 saturated heterocycles. The van der Waals surface area contributed by atoms with E-state index in [1.807, 2.05) is 22.6 Å². The number of halogens is 3. The molecule has 1 N–H and O–H groups in total. The van der Waals surface area contributed by atoms with Crippen LogP contribution >= 0.6 is 45.8 Å². The van der Waals surface area contributed by atoms with Crippen LogP contribution in [0.4, 0.5) is 5.69 Å². The highest BCUT2D eigenvalue weighted by Gasteiger charge is 2.16. The van der Waals surface area contributed by atoms with E-state index in [-0.39, 0.29) is 5.70 Å². The molecule has 1 aromatic rings. The number of carbonyl (C=O) groups is 2. The number of ether oxygens (including phenoxy) is 2. The topological polar surface area (TPSA) is 64.6 Å². The summed E-state index contributed by atoms with van der Waals surface area (Å²) < 4.78 is 9.74. The number of carbonyl (C=O) groups excluding carboxylic acids is 2. The van der Waals surface area contributed by atoms with Gasteiger partial charge in [0.1, 0.15) is 5.70 Å². The summed E-state index contributed by atoms with van der Waals surface area (Å²) in [5, 5.41) is 3.51. The quantitative estimate of drug-likeness (QED) is 0.452. The standard InChI is InChI=1S/C12H10Cl2INO4/c1-19-10(17)5-9(12(18)20-2)16-11-7(14)3-6(13)4-8(11)15/h3-5,16H,1-2H3/b9-5+. The second-order valence-corrected chi connectivity index (χ2v) is 5.45. The predicted molar refractivity (Wildman–Crippen MR) is 84.9 cm³/mol. The Morgan fingerprint density at radius 3 is 2.40 bits per heavy atom. The monoisotopic (exact) mass is 429 g/mol. The first-order valence-electron chi connectivity index (χ1n) is 5.18. The van der Waals surface area contributed by atoms with Crippen molar-refractivity contribution in [2.45, 2.75) is 0 Å². The zero-order valence-corrected chi connectivity index (χ0v) is 14.2. The van der Waals surface area contributed by atoms with E-state index in [0.717, 1.165) is 6.08 Å². The molecule has 1 aromatic carbocycles. The number of nitrogens with one attached hydrogen (secondary N) is 1. The molecule has 0 aromatic heterocycles. The van der Waals surface area contributed by atoms with Gasteiger partial charge in [0.2, 0.25) is 0 Å². The van der Waals surface area contributed by atoms with Crippen LogP contribution in [0.2, 0.25) is 10.0 Å². The molecule has 0 aliphatic heterocycles. The van der Waals surface area contributed by atoms with Crippen molar-refractivity contribution in [3.63, 3.8) is 0 Å². The molecule has 1 rings (SSSR count). The summed E-state index contributed by atoms with van der Waals surface area (Å²) in [7, 11) is 2.40. The smallest absolute Gasteiger partial charge is 0.354 e. The normalized spacial score (nSPS) is 10.9. The molecule has 0 saturated carbocycles. The number of hydrogen-bond acceptors (Lipinski definition) is 5. The third kappa shape index (κ3) is 4.53. The predicted octanol–water partition coefficient (Wildman–Crippen LogP) is 3.24. The summed E-state index contributed by atoms with van der Waals surface area (Å²) in [4.78, 5) is 22.9. The maximum atomic E-state index is 11.6. The molecule has 0 aliphatic rings. The van der Waals surface area contributed by atoms with Crippen molar-refractivity contribution >= 4 is 63.4 Å². The Hall–Kier alpha value is -0.990. The highest BCUT2D eigenvalue weighted by atomic mass is 127. The molecule has 5 nitrogen and oxygen atoms in total. The van der Waals surface area contributed by atoms with E-state index in [1.165, 1.54) is 20.3 Å². The number of esters is 2. The molecule has 0 radical (unpaired) electrons. The van der Waals surface area contributed by atoms with E-state index in [2.05, 4.69) is 14.8 Å². The van der Waals surface area contributed by atoms with Gasteiger partial charge in [-0.3, -0.25) is 0 Å². The van der Waals surface area contributed by atoms with Crippen LogP contribution in [0.15, 0.2) is 23.9 Å². The van der Waals surface area contributed by atoms with E-state index in [0.29, 0.717) is 19.3 Å². The van der Waals surface area contributed by atoms with E-state index in [9.17, 15) is 9.59 Å². The van der Waals surface area contributed by atoms with Gasteiger partial charge >= 0.3 is 11.9 Å². The van der Waals surface area contributed by atoms with E-state index >= 15 is 0 Å². The van der Waals surface area contributed by atoms with Crippen LogP contribution in [0, 0.1) is 3.57 Å². The molecule has 0 spiro atoms. The van der Waals surface area contributed by atoms with Crippen LogP contribution in [0.5, 0.6) is 0 Å². The molecule has 20 heavy (non-hydrogen) atoms. The lowest BCUT2D eigenvalue weighted by Gasteiger charge is -2.12. The van der Waals surface area contributed by atoms with Crippen molar-refractivity contribution in [1.82, 2.24) is 0 Å². The van der Waals surface area contributed by atoms with Gasteiger partial charge in [-0.25, -0.2) is 9.59 Å². The third-order valence-electron chi connectivity index (χ3n) is 2.14. The minimum absolute atomic E-state index is 0.0958. The lowest BCUT2D eigenvalue weighted by atomic mass is 10.3. The first kappa shape index (κ1) is 17.1. The molecule has 0 bridgehead atoms. The van der Waals surface area contributed by atoms with Gasteiger partial charge < -0.3 is 14.8 Å². The lowest BCUT2D eigenvalue weighted by Crippen LogP contribution is -2.16. The third-order valence-corrected chi connectivity index (χ3v) is 3.50. The first-order chi connectivity index (χ1) is 9.38. The first-order valence-corrected chi connectivity index (χ1v) is 7.02. The molecule has 0 unspecified atom stereocenters. The number of hydrogen-bond donors (Lipinski definition) is 1. The van der Waals surface area contributed by atoms with Gasteiger partial charge in [-0.15, -0.1) is 0 Å². The Labute approximate surface area is 139 Å². The average Bonchev–Trinajstić information content (AvgIpc) is 2.40. The Kier molecular flexibility index (Phi) is 6.57. The molecular formula is C12H10Cl2INO4. The van der Waals surface area contributed by atoms with Gasteiger partial charge in [0.25, 0.3) is 0 Å². The molecule has 108 valence electrons. The van der Waals surface area contributed by atoms with Crippen LogP contribution in [0.3, 0.4) is 0 Å². The minimum atomic E-state index is -0.725. The van der Waals surface area contributed by atoms with Gasteiger partial charge in [-0.05, 0) is 34.7 Å². The number of rotatable bonds is 4. The van der Waals surface area contributed by atoms with Crippen molar-refractivity contribution < 1.29 is 19.1 Å². The van der Waals surface area contributed by atoms with E-state index < -0.39 is 11.9 Å². The van der Waals surface area contributed by atoms with Crippen LogP contribution in [0.25, 0.3) is 0 Å². The fourth-order valence-electron chi connectivity index (χ4n) is 1.23. The largest absolute Gasteiger partial charge is 0.466 e. The van der Waals surface area contributed by atoms with Gasteiger partial charge in [-0.2, -0.15) is 0 Å². The summed E-state index contributed by atoms with van der Waals surface area (Å²) in [6.07, 6.45) is 0.979. The van der Waals surface area contributed by atoms with Crippen molar-refractivity contribution in [3.05, 3.63) is 37.5 Å². The Morgan fingerprint density at radius 2 is 1.90 bits per heavy atom. The highest BCUT2D eigenvalue weighted by Crippen LogP contribution is 2.32. The van der Waals surface area contributed by atoms with Crippen molar-refractivity contribution in [2.24, 2.45) is 0 Å². The minimum Gasteiger partial charge on any atom is -0.466 e. The van der Waals surface area contributed by atoms with Crippen LogP contribution in [-0.2, 0) is 19.1 Å². The SMILES string of the molecule is COC(=O)/C=C(/Nc1c(Cl)cc(Cl)cc1I)C(=O)OC. The maximum Gasteiger partial charge on any atom is 0.354 e. The Balaban J connectivity index is 3.17. The number of benzene rings is 1. The molecular weight excluding hydrogens is 420 g/mol. The van der Waals surface area contributed by atoms with E-state index in [1.54, 1.807) is 6.07 Å². The summed E-state index contributed by atoms with van der Waals surface area (Å²) in [5.41, 5.74) is 0.346. The van der Waals surface area contributed by atoms with Gasteiger partial charge in [0, 0.05) is 8.59 Å². The zero-order chi connectivity index (χ0) is 15.3. The maximum absolute atomic E-state index is 11.6. The number of anilines is 1. The fraction of sp³-hybridized carbons (Fsp3) is 0.167. The second-order valence-electron chi connectivity index (χ2n) is 3.44. The zero-order valence-electron chi connectivity index (χ0n) is 10.5. The van der Waals surface area contributed by atoms with Crippen LogP contribution in [-0.4, -0.2) is 26.2 Å². The van der Waals surface area contributed by atoms with Crippen molar-refractivity contribution in [2.75, 3.05) is 19.5 Å². The average molecular weight is 430 g/mol. The molecule has 0 fully saturated rings.